The number of benzene rings is 1. The Kier molecular flexibility index (Phi) is 5.59. The first-order chi connectivity index (χ1) is 10.1. The van der Waals surface area contributed by atoms with E-state index in [1.165, 1.54) is 17.3 Å². The maximum atomic E-state index is 11.7. The van der Waals surface area contributed by atoms with Crippen molar-refractivity contribution in [3.63, 3.8) is 0 Å². The van der Waals surface area contributed by atoms with Gasteiger partial charge in [0.15, 0.2) is 5.16 Å². The van der Waals surface area contributed by atoms with E-state index >= 15 is 0 Å². The summed E-state index contributed by atoms with van der Waals surface area (Å²) in [7, 11) is 0. The second-order valence-corrected chi connectivity index (χ2v) is 6.24. The molecule has 5 heteroatoms. The number of aromatic nitrogens is 2. The summed E-state index contributed by atoms with van der Waals surface area (Å²) in [4.78, 5) is 19.0. The van der Waals surface area contributed by atoms with E-state index in [0.717, 1.165) is 24.1 Å². The lowest BCUT2D eigenvalue weighted by Crippen LogP contribution is -2.14. The molecule has 0 amide bonds. The highest BCUT2D eigenvalue weighted by Gasteiger charge is 2.13. The van der Waals surface area contributed by atoms with Gasteiger partial charge in [-0.3, -0.25) is 4.79 Å². The lowest BCUT2D eigenvalue weighted by atomic mass is 10.1. The average molecular weight is 303 g/mol. The molecule has 0 aliphatic carbocycles. The van der Waals surface area contributed by atoms with Crippen molar-refractivity contribution in [1.29, 1.82) is 0 Å². The lowest BCUT2D eigenvalue weighted by molar-refractivity contribution is 0.810. The molecule has 0 saturated heterocycles. The molecule has 2 aromatic rings. The summed E-state index contributed by atoms with van der Waals surface area (Å²) >= 11 is 1.51. The van der Waals surface area contributed by atoms with Gasteiger partial charge in [0.2, 0.25) is 0 Å². The first-order valence-electron chi connectivity index (χ1n) is 7.16. The van der Waals surface area contributed by atoms with Crippen LogP contribution in [0.15, 0.2) is 40.3 Å². The van der Waals surface area contributed by atoms with Gasteiger partial charge < -0.3 is 10.7 Å². The van der Waals surface area contributed by atoms with Gasteiger partial charge in [0.25, 0.3) is 5.56 Å². The average Bonchev–Trinajstić information content (AvgIpc) is 2.44. The van der Waals surface area contributed by atoms with Crippen molar-refractivity contribution in [1.82, 2.24) is 9.97 Å². The van der Waals surface area contributed by atoms with Crippen LogP contribution in [0.2, 0.25) is 0 Å². The predicted octanol–water partition coefficient (Wildman–Crippen LogP) is 2.82. The second kappa shape index (κ2) is 7.43. The van der Waals surface area contributed by atoms with Crippen LogP contribution in [0.25, 0.3) is 0 Å². The molecule has 21 heavy (non-hydrogen) atoms. The minimum atomic E-state index is -0.101. The molecule has 0 aliphatic heterocycles. The molecule has 1 aromatic carbocycles. The van der Waals surface area contributed by atoms with Crippen molar-refractivity contribution in [3.05, 3.63) is 57.5 Å². The predicted molar refractivity (Wildman–Crippen MR) is 87.7 cm³/mol. The zero-order chi connectivity index (χ0) is 15.2. The van der Waals surface area contributed by atoms with Gasteiger partial charge in [-0.05, 0) is 18.9 Å². The van der Waals surface area contributed by atoms with Gasteiger partial charge in [0, 0.05) is 23.6 Å². The van der Waals surface area contributed by atoms with E-state index in [9.17, 15) is 4.79 Å². The summed E-state index contributed by atoms with van der Waals surface area (Å²) < 4.78 is 0. The van der Waals surface area contributed by atoms with E-state index in [1.807, 2.05) is 6.07 Å². The van der Waals surface area contributed by atoms with Crippen LogP contribution >= 0.6 is 11.8 Å². The minimum absolute atomic E-state index is 0.0879. The van der Waals surface area contributed by atoms with E-state index in [-0.39, 0.29) is 10.8 Å². The van der Waals surface area contributed by atoms with Crippen LogP contribution in [-0.4, -0.2) is 16.5 Å². The van der Waals surface area contributed by atoms with Crippen LogP contribution in [0, 0.1) is 6.92 Å². The summed E-state index contributed by atoms with van der Waals surface area (Å²) in [6.07, 6.45) is 1.79. The van der Waals surface area contributed by atoms with Crippen molar-refractivity contribution >= 4 is 11.8 Å². The third-order valence-electron chi connectivity index (χ3n) is 3.16. The number of H-pyrrole nitrogens is 1. The highest BCUT2D eigenvalue weighted by Crippen LogP contribution is 2.32. The van der Waals surface area contributed by atoms with Crippen molar-refractivity contribution in [3.8, 4) is 0 Å². The van der Waals surface area contributed by atoms with E-state index in [1.54, 1.807) is 6.07 Å². The fraction of sp³-hybridized carbons (Fsp3) is 0.375. The number of nitrogens with two attached hydrogens (primary N) is 1. The van der Waals surface area contributed by atoms with Crippen LogP contribution in [0.3, 0.4) is 0 Å². The van der Waals surface area contributed by atoms with Gasteiger partial charge >= 0.3 is 0 Å². The third-order valence-corrected chi connectivity index (χ3v) is 4.33. The molecular formula is C16H21N3OS. The number of hydrogen-bond donors (Lipinski definition) is 2. The molecular weight excluding hydrogens is 282 g/mol. The Morgan fingerprint density at radius 1 is 1.38 bits per heavy atom. The Balaban J connectivity index is 2.24. The number of thioether (sulfide) groups is 1. The topological polar surface area (TPSA) is 71.8 Å². The van der Waals surface area contributed by atoms with E-state index in [0.29, 0.717) is 11.7 Å². The van der Waals surface area contributed by atoms with E-state index < -0.39 is 0 Å². The molecule has 0 saturated carbocycles. The highest BCUT2D eigenvalue weighted by atomic mass is 32.2. The lowest BCUT2D eigenvalue weighted by Gasteiger charge is -2.15. The second-order valence-electron chi connectivity index (χ2n) is 5.05. The largest absolute Gasteiger partial charge is 0.329 e. The number of hydrogen-bond acceptors (Lipinski definition) is 4. The van der Waals surface area contributed by atoms with Crippen LogP contribution in [0.5, 0.6) is 0 Å². The van der Waals surface area contributed by atoms with Gasteiger partial charge in [-0.2, -0.15) is 0 Å². The Morgan fingerprint density at radius 3 is 2.86 bits per heavy atom. The number of nitrogens with zero attached hydrogens (tertiary/aromatic N) is 1. The van der Waals surface area contributed by atoms with Crippen molar-refractivity contribution in [2.24, 2.45) is 5.73 Å². The maximum Gasteiger partial charge on any atom is 0.251 e. The molecule has 1 heterocycles. The van der Waals surface area contributed by atoms with Crippen molar-refractivity contribution < 1.29 is 0 Å². The molecule has 112 valence electrons. The molecule has 3 N–H and O–H groups in total. The molecule has 1 aromatic heterocycles. The quantitative estimate of drug-likeness (QED) is 0.636. The maximum absolute atomic E-state index is 11.7. The molecule has 0 bridgehead atoms. The Morgan fingerprint density at radius 2 is 2.19 bits per heavy atom. The molecule has 4 nitrogen and oxygen atoms in total. The van der Waals surface area contributed by atoms with E-state index in [2.05, 4.69) is 42.0 Å². The fourth-order valence-electron chi connectivity index (χ4n) is 2.18. The molecule has 2 rings (SSSR count). The molecule has 0 spiro atoms. The summed E-state index contributed by atoms with van der Waals surface area (Å²) in [6.45, 7) is 4.63. The summed E-state index contributed by atoms with van der Waals surface area (Å²) in [5.74, 6) is 0. The normalized spacial score (nSPS) is 12.3. The number of rotatable bonds is 6. The van der Waals surface area contributed by atoms with Gasteiger partial charge in [0.05, 0.1) is 0 Å². The zero-order valence-electron chi connectivity index (χ0n) is 12.4. The summed E-state index contributed by atoms with van der Waals surface area (Å²) in [5, 5.41) is 0.729. The number of nitrogens with one attached hydrogen (secondary N) is 1. The first kappa shape index (κ1) is 15.8. The highest BCUT2D eigenvalue weighted by molar-refractivity contribution is 7.99. The van der Waals surface area contributed by atoms with Crippen molar-refractivity contribution in [2.75, 3.05) is 6.54 Å². The van der Waals surface area contributed by atoms with Crippen LogP contribution < -0.4 is 11.3 Å². The molecule has 1 atom stereocenters. The van der Waals surface area contributed by atoms with Gasteiger partial charge in [-0.15, -0.1) is 0 Å². The Labute approximate surface area is 129 Å². The monoisotopic (exact) mass is 303 g/mol. The zero-order valence-corrected chi connectivity index (χ0v) is 13.2. The summed E-state index contributed by atoms with van der Waals surface area (Å²) in [5.41, 5.74) is 8.99. The van der Waals surface area contributed by atoms with Gasteiger partial charge in [0.1, 0.15) is 0 Å². The Hall–Kier alpha value is -1.59. The van der Waals surface area contributed by atoms with Gasteiger partial charge in [-0.25, -0.2) is 4.98 Å². The molecule has 0 radical (unpaired) electrons. The number of aromatic amines is 1. The molecule has 0 aliphatic rings. The molecule has 1 unspecified atom stereocenters. The Bertz CT molecular complexity index is 654. The SMILES string of the molecule is CCCc1cc(=O)[nH]c(SC(CN)c2cccc(C)c2)n1. The summed E-state index contributed by atoms with van der Waals surface area (Å²) in [6, 6.07) is 9.84. The number of aryl methyl sites for hydroxylation is 2. The third kappa shape index (κ3) is 4.44. The standard InChI is InChI=1S/C16H21N3OS/c1-3-5-13-9-15(20)19-16(18-13)21-14(10-17)12-7-4-6-11(2)8-12/h4,6-9,14H,3,5,10,17H2,1-2H3,(H,18,19,20). The van der Waals surface area contributed by atoms with Crippen LogP contribution in [0.4, 0.5) is 0 Å². The smallest absolute Gasteiger partial charge is 0.251 e. The van der Waals surface area contributed by atoms with Crippen LogP contribution in [-0.2, 0) is 6.42 Å². The fourth-order valence-corrected chi connectivity index (χ4v) is 3.16. The van der Waals surface area contributed by atoms with Gasteiger partial charge in [-0.1, -0.05) is 54.9 Å². The van der Waals surface area contributed by atoms with Crippen LogP contribution in [0.1, 0.15) is 35.4 Å². The van der Waals surface area contributed by atoms with Crippen molar-refractivity contribution in [2.45, 2.75) is 37.1 Å². The van der Waals surface area contributed by atoms with E-state index in [4.69, 9.17) is 5.73 Å². The molecule has 0 fully saturated rings. The minimum Gasteiger partial charge on any atom is -0.329 e. The first-order valence-corrected chi connectivity index (χ1v) is 8.04.